The lowest BCUT2D eigenvalue weighted by molar-refractivity contribution is 0.161. The highest BCUT2D eigenvalue weighted by molar-refractivity contribution is 5.75. The van der Waals surface area contributed by atoms with Crippen molar-refractivity contribution in [3.8, 4) is 0 Å². The van der Waals surface area contributed by atoms with E-state index in [0.29, 0.717) is 0 Å². The molecule has 0 spiro atoms. The number of amides is 2. The molecular weight excluding hydrogens is 270 g/mol. The molecule has 3 N–H and O–H groups in total. The Kier molecular flexibility index (Phi) is 4.88. The lowest BCUT2D eigenvalue weighted by Crippen LogP contribution is -2.53. The Morgan fingerprint density at radius 1 is 1.43 bits per heavy atom. The van der Waals surface area contributed by atoms with Crippen molar-refractivity contribution in [2.45, 2.75) is 64.5 Å². The smallest absolute Gasteiger partial charge is 0.315 e. The molecule has 1 aliphatic rings. The summed E-state index contributed by atoms with van der Waals surface area (Å²) in [6.07, 6.45) is 4.50. The van der Waals surface area contributed by atoms with Gasteiger partial charge in [-0.25, -0.2) is 4.79 Å². The zero-order chi connectivity index (χ0) is 15.5. The predicted octanol–water partition coefficient (Wildman–Crippen LogP) is 2.35. The molecule has 1 aromatic heterocycles. The molecule has 1 unspecified atom stereocenters. The standard InChI is InChI=1S/C15H25N3O3/c1-4-12(13-10(2)18-21-11(13)3)16-14(20)17-15(9-19)7-5-6-8-15/h12,19H,4-9H2,1-3H3,(H2,16,17,20). The normalized spacial score (nSPS) is 18.5. The van der Waals surface area contributed by atoms with Crippen LogP contribution in [0.1, 0.15) is 62.1 Å². The van der Waals surface area contributed by atoms with E-state index in [2.05, 4.69) is 15.8 Å². The van der Waals surface area contributed by atoms with Gasteiger partial charge in [0.2, 0.25) is 0 Å². The first-order valence-corrected chi connectivity index (χ1v) is 7.63. The van der Waals surface area contributed by atoms with Crippen molar-refractivity contribution < 1.29 is 14.4 Å². The van der Waals surface area contributed by atoms with Crippen LogP contribution in [0.3, 0.4) is 0 Å². The molecule has 1 heterocycles. The molecule has 0 saturated heterocycles. The van der Waals surface area contributed by atoms with Gasteiger partial charge in [-0.3, -0.25) is 0 Å². The third-order valence-electron chi connectivity index (χ3n) is 4.39. The van der Waals surface area contributed by atoms with Crippen molar-refractivity contribution in [2.75, 3.05) is 6.61 Å². The van der Waals surface area contributed by atoms with Gasteiger partial charge in [-0.15, -0.1) is 0 Å². The van der Waals surface area contributed by atoms with Gasteiger partial charge in [-0.1, -0.05) is 24.9 Å². The maximum atomic E-state index is 12.3. The summed E-state index contributed by atoms with van der Waals surface area (Å²) >= 11 is 0. The van der Waals surface area contributed by atoms with Gasteiger partial charge in [0, 0.05) is 5.56 Å². The van der Waals surface area contributed by atoms with Crippen LogP contribution in [0.15, 0.2) is 4.52 Å². The van der Waals surface area contributed by atoms with Gasteiger partial charge in [0.05, 0.1) is 23.9 Å². The number of carbonyl (C=O) groups is 1. The van der Waals surface area contributed by atoms with Crippen LogP contribution in [0.25, 0.3) is 0 Å². The van der Waals surface area contributed by atoms with E-state index in [1.54, 1.807) is 0 Å². The number of rotatable bonds is 5. The van der Waals surface area contributed by atoms with Crippen molar-refractivity contribution in [1.29, 1.82) is 0 Å². The van der Waals surface area contributed by atoms with E-state index in [0.717, 1.165) is 49.1 Å². The number of nitrogens with one attached hydrogen (secondary N) is 2. The highest BCUT2D eigenvalue weighted by Crippen LogP contribution is 2.29. The fourth-order valence-corrected chi connectivity index (χ4v) is 3.18. The van der Waals surface area contributed by atoms with Crippen molar-refractivity contribution >= 4 is 6.03 Å². The van der Waals surface area contributed by atoms with Crippen molar-refractivity contribution in [1.82, 2.24) is 15.8 Å². The van der Waals surface area contributed by atoms with Crippen molar-refractivity contribution in [3.63, 3.8) is 0 Å². The first kappa shape index (κ1) is 15.8. The van der Waals surface area contributed by atoms with Gasteiger partial charge >= 0.3 is 6.03 Å². The number of hydrogen-bond acceptors (Lipinski definition) is 4. The van der Waals surface area contributed by atoms with E-state index >= 15 is 0 Å². The Morgan fingerprint density at radius 3 is 2.57 bits per heavy atom. The average molecular weight is 295 g/mol. The molecule has 1 aromatic rings. The summed E-state index contributed by atoms with van der Waals surface area (Å²) in [7, 11) is 0. The molecule has 118 valence electrons. The van der Waals surface area contributed by atoms with E-state index < -0.39 is 5.54 Å². The van der Waals surface area contributed by atoms with Gasteiger partial charge in [-0.05, 0) is 33.1 Å². The molecule has 6 heteroatoms. The number of aliphatic hydroxyl groups excluding tert-OH is 1. The predicted molar refractivity (Wildman–Crippen MR) is 79.0 cm³/mol. The molecule has 2 amide bonds. The van der Waals surface area contributed by atoms with Crippen molar-refractivity contribution in [2.24, 2.45) is 0 Å². The maximum Gasteiger partial charge on any atom is 0.315 e. The van der Waals surface area contributed by atoms with Gasteiger partial charge in [0.25, 0.3) is 0 Å². The second-order valence-electron chi connectivity index (χ2n) is 5.94. The SMILES string of the molecule is CCC(NC(=O)NC1(CO)CCCC1)c1c(C)noc1C. The topological polar surface area (TPSA) is 87.4 Å². The van der Waals surface area contributed by atoms with Crippen LogP contribution in [0.5, 0.6) is 0 Å². The van der Waals surface area contributed by atoms with Crippen LogP contribution in [0.2, 0.25) is 0 Å². The number of aromatic nitrogens is 1. The summed E-state index contributed by atoms with van der Waals surface area (Å²) in [5.74, 6) is 0.734. The van der Waals surface area contributed by atoms with Crippen LogP contribution in [-0.2, 0) is 0 Å². The highest BCUT2D eigenvalue weighted by Gasteiger charge is 2.35. The summed E-state index contributed by atoms with van der Waals surface area (Å²) in [5.41, 5.74) is 1.29. The van der Waals surface area contributed by atoms with E-state index in [1.807, 2.05) is 20.8 Å². The Hall–Kier alpha value is -1.56. The lowest BCUT2D eigenvalue weighted by atomic mass is 9.99. The Balaban J connectivity index is 2.03. The maximum absolute atomic E-state index is 12.3. The number of nitrogens with zero attached hydrogens (tertiary/aromatic N) is 1. The molecule has 0 aromatic carbocycles. The number of aliphatic hydroxyl groups is 1. The van der Waals surface area contributed by atoms with Crippen LogP contribution in [0, 0.1) is 13.8 Å². The molecule has 1 saturated carbocycles. The minimum atomic E-state index is -0.457. The second-order valence-corrected chi connectivity index (χ2v) is 5.94. The summed E-state index contributed by atoms with van der Waals surface area (Å²) in [6.45, 7) is 5.72. The molecule has 21 heavy (non-hydrogen) atoms. The minimum absolute atomic E-state index is 0.0114. The van der Waals surface area contributed by atoms with E-state index in [-0.39, 0.29) is 18.7 Å². The summed E-state index contributed by atoms with van der Waals surface area (Å²) in [6, 6.07) is -0.369. The van der Waals surface area contributed by atoms with Crippen LogP contribution < -0.4 is 10.6 Å². The molecule has 0 aliphatic heterocycles. The van der Waals surface area contributed by atoms with E-state index in [4.69, 9.17) is 4.52 Å². The quantitative estimate of drug-likeness (QED) is 0.778. The summed E-state index contributed by atoms with van der Waals surface area (Å²) < 4.78 is 5.17. The number of hydrogen-bond donors (Lipinski definition) is 3. The second kappa shape index (κ2) is 6.47. The molecule has 1 atom stereocenters. The van der Waals surface area contributed by atoms with Gasteiger partial charge in [-0.2, -0.15) is 0 Å². The molecule has 6 nitrogen and oxygen atoms in total. The molecular formula is C15H25N3O3. The van der Waals surface area contributed by atoms with Gasteiger partial charge in [0.1, 0.15) is 5.76 Å². The largest absolute Gasteiger partial charge is 0.394 e. The van der Waals surface area contributed by atoms with Gasteiger partial charge in [0.15, 0.2) is 0 Å². The fraction of sp³-hybridized carbons (Fsp3) is 0.733. The first-order chi connectivity index (χ1) is 10.0. The van der Waals surface area contributed by atoms with Crippen LogP contribution >= 0.6 is 0 Å². The Labute approximate surface area is 125 Å². The van der Waals surface area contributed by atoms with E-state index in [9.17, 15) is 9.90 Å². The molecule has 0 bridgehead atoms. The zero-order valence-electron chi connectivity index (χ0n) is 13.0. The molecule has 1 fully saturated rings. The number of aryl methyl sites for hydroxylation is 2. The fourth-order valence-electron chi connectivity index (χ4n) is 3.18. The molecule has 1 aliphatic carbocycles. The van der Waals surface area contributed by atoms with Crippen molar-refractivity contribution in [3.05, 3.63) is 17.0 Å². The highest BCUT2D eigenvalue weighted by atomic mass is 16.5. The molecule has 0 radical (unpaired) electrons. The van der Waals surface area contributed by atoms with E-state index in [1.165, 1.54) is 0 Å². The Morgan fingerprint density at radius 2 is 2.10 bits per heavy atom. The lowest BCUT2D eigenvalue weighted by Gasteiger charge is -2.29. The van der Waals surface area contributed by atoms with Crippen LogP contribution in [-0.4, -0.2) is 28.4 Å². The summed E-state index contributed by atoms with van der Waals surface area (Å²) in [5, 5.41) is 19.4. The first-order valence-electron chi connectivity index (χ1n) is 7.63. The average Bonchev–Trinajstić information content (AvgIpc) is 3.05. The zero-order valence-corrected chi connectivity index (χ0v) is 13.0. The number of carbonyl (C=O) groups excluding carboxylic acids is 1. The number of urea groups is 1. The van der Waals surface area contributed by atoms with Crippen LogP contribution in [0.4, 0.5) is 4.79 Å². The summed E-state index contributed by atoms with van der Waals surface area (Å²) in [4.78, 5) is 12.3. The van der Waals surface area contributed by atoms with Gasteiger partial charge < -0.3 is 20.3 Å². The Bertz CT molecular complexity index is 473. The third kappa shape index (κ3) is 3.37. The molecule has 2 rings (SSSR count). The minimum Gasteiger partial charge on any atom is -0.394 e. The monoisotopic (exact) mass is 295 g/mol. The third-order valence-corrected chi connectivity index (χ3v) is 4.39.